The van der Waals surface area contributed by atoms with Gasteiger partial charge in [0.05, 0.1) is 6.04 Å². The summed E-state index contributed by atoms with van der Waals surface area (Å²) in [5, 5.41) is 18.1. The SMILES string of the molecule is NC(=O)[C@H](Cc1ccccc1)NC(=O)[C@H](Cc1ccccc1)NC(=O)C1(NC(=O)[C@@H](N)Cc2ccc(O)cc2)CCCCC1. The van der Waals surface area contributed by atoms with E-state index in [-0.39, 0.29) is 25.0 Å². The first-order valence-electron chi connectivity index (χ1n) is 15.0. The second kappa shape index (κ2) is 15.2. The van der Waals surface area contributed by atoms with Crippen molar-refractivity contribution < 1.29 is 24.3 Å². The van der Waals surface area contributed by atoms with E-state index in [1.807, 2.05) is 60.7 Å². The standard InChI is InChI=1S/C34H41N5O5/c35-27(20-25-14-16-26(40)17-15-25)31(42)39-34(18-8-3-9-19-34)33(44)38-29(22-24-12-6-2-7-13-24)32(43)37-28(30(36)41)21-23-10-4-1-5-11-23/h1-2,4-7,10-17,27-29,40H,3,8-9,18-22,35H2,(H2,36,41)(H,37,43)(H,38,44)(H,39,42)/t27-,28-,29-/m0/s1. The van der Waals surface area contributed by atoms with E-state index in [4.69, 9.17) is 11.5 Å². The summed E-state index contributed by atoms with van der Waals surface area (Å²) >= 11 is 0. The molecule has 4 rings (SSSR count). The van der Waals surface area contributed by atoms with Crippen LogP contribution in [-0.2, 0) is 38.4 Å². The van der Waals surface area contributed by atoms with Crippen LogP contribution in [0.1, 0.15) is 48.8 Å². The van der Waals surface area contributed by atoms with Crippen molar-refractivity contribution >= 4 is 23.6 Å². The Morgan fingerprint density at radius 1 is 0.682 bits per heavy atom. The molecule has 0 bridgehead atoms. The number of phenols is 1. The van der Waals surface area contributed by atoms with Crippen LogP contribution in [-0.4, -0.2) is 52.4 Å². The average molecular weight is 600 g/mol. The monoisotopic (exact) mass is 599 g/mol. The molecule has 0 heterocycles. The third-order valence-electron chi connectivity index (χ3n) is 8.08. The number of primary amides is 1. The molecule has 0 radical (unpaired) electrons. The fourth-order valence-corrected chi connectivity index (χ4v) is 5.57. The number of nitrogens with two attached hydrogens (primary N) is 2. The van der Waals surface area contributed by atoms with Gasteiger partial charge in [0.15, 0.2) is 0 Å². The van der Waals surface area contributed by atoms with Crippen LogP contribution in [0.15, 0.2) is 84.9 Å². The van der Waals surface area contributed by atoms with Gasteiger partial charge >= 0.3 is 0 Å². The van der Waals surface area contributed by atoms with Gasteiger partial charge in [0.2, 0.25) is 23.6 Å². The zero-order valence-corrected chi connectivity index (χ0v) is 24.7. The van der Waals surface area contributed by atoms with Gasteiger partial charge in [-0.25, -0.2) is 0 Å². The number of carbonyl (C=O) groups is 4. The number of nitrogens with one attached hydrogen (secondary N) is 3. The van der Waals surface area contributed by atoms with E-state index in [1.165, 1.54) is 12.1 Å². The summed E-state index contributed by atoms with van der Waals surface area (Å²) in [7, 11) is 0. The molecule has 0 saturated heterocycles. The zero-order valence-electron chi connectivity index (χ0n) is 24.7. The predicted molar refractivity (Wildman–Crippen MR) is 167 cm³/mol. The molecule has 0 aliphatic heterocycles. The van der Waals surface area contributed by atoms with E-state index < -0.39 is 47.3 Å². The smallest absolute Gasteiger partial charge is 0.246 e. The molecule has 3 atom stereocenters. The van der Waals surface area contributed by atoms with Crippen molar-refractivity contribution in [2.45, 2.75) is 75.0 Å². The Morgan fingerprint density at radius 3 is 1.75 bits per heavy atom. The minimum absolute atomic E-state index is 0.112. The maximum atomic E-state index is 14.0. The van der Waals surface area contributed by atoms with Crippen molar-refractivity contribution in [1.82, 2.24) is 16.0 Å². The van der Waals surface area contributed by atoms with Gasteiger partial charge in [0.25, 0.3) is 0 Å². The molecule has 10 heteroatoms. The fourth-order valence-electron chi connectivity index (χ4n) is 5.57. The topological polar surface area (TPSA) is 177 Å². The van der Waals surface area contributed by atoms with Gasteiger partial charge in [0.1, 0.15) is 23.4 Å². The van der Waals surface area contributed by atoms with Gasteiger partial charge in [-0.1, -0.05) is 92.1 Å². The van der Waals surface area contributed by atoms with Crippen molar-refractivity contribution in [1.29, 1.82) is 0 Å². The molecule has 0 spiro atoms. The van der Waals surface area contributed by atoms with Gasteiger partial charge in [0, 0.05) is 12.8 Å². The number of hydrogen-bond donors (Lipinski definition) is 6. The second-order valence-corrected chi connectivity index (χ2v) is 11.5. The number of amides is 4. The molecule has 0 unspecified atom stereocenters. The lowest BCUT2D eigenvalue weighted by Gasteiger charge is -2.38. The molecule has 8 N–H and O–H groups in total. The molecular formula is C34H41N5O5. The normalized spacial score (nSPS) is 16.1. The molecule has 232 valence electrons. The molecule has 1 fully saturated rings. The van der Waals surface area contributed by atoms with Gasteiger partial charge in [-0.15, -0.1) is 0 Å². The first kappa shape index (κ1) is 32.2. The van der Waals surface area contributed by atoms with Crippen LogP contribution >= 0.6 is 0 Å². The second-order valence-electron chi connectivity index (χ2n) is 11.5. The number of phenolic OH excluding ortho intramolecular Hbond substituents is 1. The molecule has 3 aromatic carbocycles. The molecular weight excluding hydrogens is 558 g/mol. The van der Waals surface area contributed by atoms with Crippen LogP contribution in [0.3, 0.4) is 0 Å². The van der Waals surface area contributed by atoms with Crippen LogP contribution in [0.2, 0.25) is 0 Å². The fraction of sp³-hybridized carbons (Fsp3) is 0.353. The maximum Gasteiger partial charge on any atom is 0.246 e. The van der Waals surface area contributed by atoms with E-state index in [0.29, 0.717) is 12.8 Å². The number of benzene rings is 3. The summed E-state index contributed by atoms with van der Waals surface area (Å²) in [6, 6.07) is 21.9. The van der Waals surface area contributed by atoms with E-state index in [1.54, 1.807) is 12.1 Å². The summed E-state index contributed by atoms with van der Waals surface area (Å²) < 4.78 is 0. The van der Waals surface area contributed by atoms with Gasteiger partial charge in [-0.2, -0.15) is 0 Å². The minimum atomic E-state index is -1.25. The van der Waals surface area contributed by atoms with Crippen LogP contribution in [0.5, 0.6) is 5.75 Å². The highest BCUT2D eigenvalue weighted by molar-refractivity contribution is 5.97. The van der Waals surface area contributed by atoms with E-state index in [9.17, 15) is 24.3 Å². The van der Waals surface area contributed by atoms with Crippen LogP contribution in [0.4, 0.5) is 0 Å². The van der Waals surface area contributed by atoms with E-state index in [2.05, 4.69) is 16.0 Å². The Labute approximate surface area is 257 Å². The first-order chi connectivity index (χ1) is 21.1. The molecule has 44 heavy (non-hydrogen) atoms. The van der Waals surface area contributed by atoms with Crippen molar-refractivity contribution in [2.24, 2.45) is 11.5 Å². The largest absolute Gasteiger partial charge is 0.508 e. The molecule has 0 aromatic heterocycles. The van der Waals surface area contributed by atoms with Gasteiger partial charge in [-0.05, 0) is 48.1 Å². The highest BCUT2D eigenvalue weighted by Crippen LogP contribution is 2.29. The third kappa shape index (κ3) is 8.90. The Kier molecular flexibility index (Phi) is 11.1. The molecule has 4 amide bonds. The Bertz CT molecular complexity index is 1410. The summed E-state index contributed by atoms with van der Waals surface area (Å²) in [6.07, 6.45) is 3.74. The molecule has 1 aliphatic carbocycles. The summed E-state index contributed by atoms with van der Waals surface area (Å²) in [5.74, 6) is -2.08. The zero-order chi connectivity index (χ0) is 31.5. The molecule has 10 nitrogen and oxygen atoms in total. The lowest BCUT2D eigenvalue weighted by molar-refractivity contribution is -0.138. The van der Waals surface area contributed by atoms with E-state index >= 15 is 0 Å². The summed E-state index contributed by atoms with van der Waals surface area (Å²) in [4.78, 5) is 53.3. The van der Waals surface area contributed by atoms with Crippen LogP contribution in [0.25, 0.3) is 0 Å². The first-order valence-corrected chi connectivity index (χ1v) is 15.0. The lowest BCUT2D eigenvalue weighted by atomic mass is 9.80. The Balaban J connectivity index is 1.52. The molecule has 1 saturated carbocycles. The molecule has 3 aromatic rings. The quantitative estimate of drug-likeness (QED) is 0.175. The predicted octanol–water partition coefficient (Wildman–Crippen LogP) is 2.02. The highest BCUT2D eigenvalue weighted by atomic mass is 16.3. The summed E-state index contributed by atoms with van der Waals surface area (Å²) in [6.45, 7) is 0. The van der Waals surface area contributed by atoms with Crippen molar-refractivity contribution in [2.75, 3.05) is 0 Å². The van der Waals surface area contributed by atoms with Crippen LogP contribution in [0, 0.1) is 0 Å². The number of rotatable bonds is 13. The number of carbonyl (C=O) groups excluding carboxylic acids is 4. The van der Waals surface area contributed by atoms with Crippen LogP contribution < -0.4 is 27.4 Å². The number of aromatic hydroxyl groups is 1. The lowest BCUT2D eigenvalue weighted by Crippen LogP contribution is -2.65. The van der Waals surface area contributed by atoms with Gasteiger partial charge < -0.3 is 32.5 Å². The van der Waals surface area contributed by atoms with Crippen molar-refractivity contribution in [3.63, 3.8) is 0 Å². The Hall–Kier alpha value is -4.70. The van der Waals surface area contributed by atoms with Crippen molar-refractivity contribution in [3.8, 4) is 5.75 Å². The molecule has 1 aliphatic rings. The van der Waals surface area contributed by atoms with Gasteiger partial charge in [-0.3, -0.25) is 19.2 Å². The number of hydrogen-bond acceptors (Lipinski definition) is 6. The Morgan fingerprint density at radius 2 is 1.20 bits per heavy atom. The third-order valence-corrected chi connectivity index (χ3v) is 8.08. The average Bonchev–Trinajstić information content (AvgIpc) is 3.02. The van der Waals surface area contributed by atoms with E-state index in [0.717, 1.165) is 36.0 Å². The van der Waals surface area contributed by atoms with Crippen molar-refractivity contribution in [3.05, 3.63) is 102 Å². The highest BCUT2D eigenvalue weighted by Gasteiger charge is 2.43. The minimum Gasteiger partial charge on any atom is -0.508 e. The maximum absolute atomic E-state index is 14.0. The summed E-state index contributed by atoms with van der Waals surface area (Å²) in [5.41, 5.74) is 13.1.